The number of amides is 2. The third-order valence-electron chi connectivity index (χ3n) is 5.77. The number of piperidine rings is 1. The average Bonchev–Trinajstić information content (AvgIpc) is 2.73. The number of carbonyl (C=O) groups is 2. The molecular formula is C25H34N4O2. The summed E-state index contributed by atoms with van der Waals surface area (Å²) in [4.78, 5) is 29.0. The molecule has 0 aliphatic carbocycles. The molecule has 0 atom stereocenters. The van der Waals surface area contributed by atoms with Gasteiger partial charge in [-0.15, -0.1) is 0 Å². The quantitative estimate of drug-likeness (QED) is 0.687. The summed E-state index contributed by atoms with van der Waals surface area (Å²) in [5, 5.41) is 6.11. The largest absolute Gasteiger partial charge is 0.352 e. The highest BCUT2D eigenvalue weighted by Crippen LogP contribution is 2.19. The van der Waals surface area contributed by atoms with Crippen molar-refractivity contribution in [3.05, 3.63) is 65.2 Å². The molecule has 6 heteroatoms. The third-order valence-corrected chi connectivity index (χ3v) is 5.77. The Morgan fingerprint density at radius 2 is 1.55 bits per heavy atom. The van der Waals surface area contributed by atoms with Gasteiger partial charge in [-0.3, -0.25) is 19.4 Å². The SMILES string of the molecule is Cc1cccc(C)c1NC(=O)CN(C)CC(=O)NC1CCN(Cc2ccccc2)CC1. The Kier molecular flexibility index (Phi) is 8.20. The minimum absolute atomic E-state index is 0.0242. The number of benzene rings is 2. The molecule has 0 bridgehead atoms. The second-order valence-corrected chi connectivity index (χ2v) is 8.59. The molecule has 0 unspecified atom stereocenters. The van der Waals surface area contributed by atoms with E-state index in [0.717, 1.165) is 49.3 Å². The minimum atomic E-state index is -0.109. The molecule has 2 aromatic rings. The molecule has 2 amide bonds. The molecule has 166 valence electrons. The van der Waals surface area contributed by atoms with E-state index in [0.29, 0.717) is 0 Å². The summed E-state index contributed by atoms with van der Waals surface area (Å²) in [6, 6.07) is 16.6. The number of carbonyl (C=O) groups excluding carboxylic acids is 2. The van der Waals surface area contributed by atoms with Crippen molar-refractivity contribution >= 4 is 17.5 Å². The maximum absolute atomic E-state index is 12.4. The summed E-state index contributed by atoms with van der Waals surface area (Å²) in [5.41, 5.74) is 4.25. The van der Waals surface area contributed by atoms with Crippen molar-refractivity contribution < 1.29 is 9.59 Å². The van der Waals surface area contributed by atoms with Crippen LogP contribution in [0.4, 0.5) is 5.69 Å². The van der Waals surface area contributed by atoms with Gasteiger partial charge in [0.05, 0.1) is 13.1 Å². The fourth-order valence-electron chi connectivity index (χ4n) is 4.09. The van der Waals surface area contributed by atoms with Crippen molar-refractivity contribution in [3.8, 4) is 0 Å². The van der Waals surface area contributed by atoms with Crippen LogP contribution in [0.1, 0.15) is 29.5 Å². The lowest BCUT2D eigenvalue weighted by molar-refractivity contribution is -0.123. The van der Waals surface area contributed by atoms with Gasteiger partial charge in [0.25, 0.3) is 0 Å². The maximum Gasteiger partial charge on any atom is 0.238 e. The van der Waals surface area contributed by atoms with Crippen molar-refractivity contribution in [1.82, 2.24) is 15.1 Å². The van der Waals surface area contributed by atoms with Crippen LogP contribution >= 0.6 is 0 Å². The first kappa shape index (κ1) is 23.0. The van der Waals surface area contributed by atoms with Crippen LogP contribution in [0.15, 0.2) is 48.5 Å². The van der Waals surface area contributed by atoms with Gasteiger partial charge < -0.3 is 10.6 Å². The van der Waals surface area contributed by atoms with Crippen LogP contribution in [-0.4, -0.2) is 60.9 Å². The second-order valence-electron chi connectivity index (χ2n) is 8.59. The molecule has 0 spiro atoms. The van der Waals surface area contributed by atoms with Crippen LogP contribution in [-0.2, 0) is 16.1 Å². The zero-order valence-corrected chi connectivity index (χ0v) is 18.9. The van der Waals surface area contributed by atoms with E-state index in [2.05, 4.69) is 39.8 Å². The highest BCUT2D eigenvalue weighted by Gasteiger charge is 2.21. The minimum Gasteiger partial charge on any atom is -0.352 e. The average molecular weight is 423 g/mol. The number of hydrogen-bond donors (Lipinski definition) is 2. The van der Waals surface area contributed by atoms with E-state index >= 15 is 0 Å². The Bertz CT molecular complexity index is 856. The Balaban J connectivity index is 1.37. The Morgan fingerprint density at radius 3 is 2.19 bits per heavy atom. The van der Waals surface area contributed by atoms with Gasteiger partial charge in [-0.1, -0.05) is 48.5 Å². The second kappa shape index (κ2) is 11.1. The summed E-state index contributed by atoms with van der Waals surface area (Å²) >= 11 is 0. The van der Waals surface area contributed by atoms with Gasteiger partial charge in [-0.05, 0) is 50.4 Å². The molecule has 2 aromatic carbocycles. The fraction of sp³-hybridized carbons (Fsp3) is 0.440. The monoisotopic (exact) mass is 422 g/mol. The molecule has 1 aliphatic heterocycles. The van der Waals surface area contributed by atoms with Crippen LogP contribution < -0.4 is 10.6 Å². The number of hydrogen-bond acceptors (Lipinski definition) is 4. The Morgan fingerprint density at radius 1 is 0.935 bits per heavy atom. The van der Waals surface area contributed by atoms with Gasteiger partial charge in [0.2, 0.25) is 11.8 Å². The number of nitrogens with one attached hydrogen (secondary N) is 2. The van der Waals surface area contributed by atoms with E-state index in [4.69, 9.17) is 0 Å². The molecule has 31 heavy (non-hydrogen) atoms. The molecule has 1 aliphatic rings. The summed E-state index contributed by atoms with van der Waals surface area (Å²) in [6.07, 6.45) is 1.91. The van der Waals surface area contributed by atoms with Gasteiger partial charge in [-0.2, -0.15) is 0 Å². The topological polar surface area (TPSA) is 64.7 Å². The standard InChI is InChI=1S/C25H34N4O2/c1-19-8-7-9-20(2)25(19)27-24(31)18-28(3)17-23(30)26-22-12-14-29(15-13-22)16-21-10-5-4-6-11-21/h4-11,22H,12-18H2,1-3H3,(H,26,30)(H,27,31). The Labute approximate surface area is 185 Å². The van der Waals surface area contributed by atoms with Crippen molar-refractivity contribution in [2.75, 3.05) is 38.5 Å². The molecule has 0 saturated carbocycles. The van der Waals surface area contributed by atoms with E-state index in [1.807, 2.05) is 38.1 Å². The fourth-order valence-corrected chi connectivity index (χ4v) is 4.09. The lowest BCUT2D eigenvalue weighted by Gasteiger charge is -2.32. The van der Waals surface area contributed by atoms with Crippen molar-refractivity contribution in [2.45, 2.75) is 39.3 Å². The van der Waals surface area contributed by atoms with Crippen LogP contribution in [0.3, 0.4) is 0 Å². The number of nitrogens with zero attached hydrogens (tertiary/aromatic N) is 2. The molecular weight excluding hydrogens is 388 g/mol. The predicted molar refractivity (Wildman–Crippen MR) is 125 cm³/mol. The van der Waals surface area contributed by atoms with Gasteiger partial charge >= 0.3 is 0 Å². The van der Waals surface area contributed by atoms with Gasteiger partial charge in [0.1, 0.15) is 0 Å². The van der Waals surface area contributed by atoms with Gasteiger partial charge in [0.15, 0.2) is 0 Å². The molecule has 0 radical (unpaired) electrons. The molecule has 0 aromatic heterocycles. The van der Waals surface area contributed by atoms with Crippen LogP contribution in [0.25, 0.3) is 0 Å². The lowest BCUT2D eigenvalue weighted by atomic mass is 10.0. The number of para-hydroxylation sites is 1. The van der Waals surface area contributed by atoms with E-state index in [1.54, 1.807) is 11.9 Å². The number of aryl methyl sites for hydroxylation is 2. The molecule has 6 nitrogen and oxygen atoms in total. The highest BCUT2D eigenvalue weighted by molar-refractivity contribution is 5.94. The number of anilines is 1. The zero-order chi connectivity index (χ0) is 22.2. The van der Waals surface area contributed by atoms with E-state index < -0.39 is 0 Å². The van der Waals surface area contributed by atoms with Crippen molar-refractivity contribution in [3.63, 3.8) is 0 Å². The highest BCUT2D eigenvalue weighted by atomic mass is 16.2. The first-order valence-electron chi connectivity index (χ1n) is 11.0. The predicted octanol–water partition coefficient (Wildman–Crippen LogP) is 2.95. The summed E-state index contributed by atoms with van der Waals surface area (Å²) in [6.45, 7) is 7.26. The maximum atomic E-state index is 12.4. The first-order chi connectivity index (χ1) is 14.9. The Hall–Kier alpha value is -2.70. The molecule has 1 fully saturated rings. The van der Waals surface area contributed by atoms with Crippen molar-refractivity contribution in [1.29, 1.82) is 0 Å². The summed E-state index contributed by atoms with van der Waals surface area (Å²) < 4.78 is 0. The van der Waals surface area contributed by atoms with Crippen LogP contribution in [0.5, 0.6) is 0 Å². The van der Waals surface area contributed by atoms with E-state index in [-0.39, 0.29) is 30.9 Å². The molecule has 2 N–H and O–H groups in total. The first-order valence-corrected chi connectivity index (χ1v) is 11.0. The molecule has 1 heterocycles. The van der Waals surface area contributed by atoms with Crippen LogP contribution in [0, 0.1) is 13.8 Å². The summed E-state index contributed by atoms with van der Waals surface area (Å²) in [5.74, 6) is -0.134. The number of likely N-dealkylation sites (tertiary alicyclic amines) is 1. The van der Waals surface area contributed by atoms with Crippen LogP contribution in [0.2, 0.25) is 0 Å². The lowest BCUT2D eigenvalue weighted by Crippen LogP contribution is -2.47. The van der Waals surface area contributed by atoms with Crippen molar-refractivity contribution in [2.24, 2.45) is 0 Å². The molecule has 3 rings (SSSR count). The molecule has 1 saturated heterocycles. The summed E-state index contributed by atoms with van der Waals surface area (Å²) in [7, 11) is 1.80. The zero-order valence-electron chi connectivity index (χ0n) is 18.9. The van der Waals surface area contributed by atoms with E-state index in [1.165, 1.54) is 5.56 Å². The van der Waals surface area contributed by atoms with Gasteiger partial charge in [-0.25, -0.2) is 0 Å². The van der Waals surface area contributed by atoms with Gasteiger partial charge in [0, 0.05) is 31.4 Å². The third kappa shape index (κ3) is 7.19. The van der Waals surface area contributed by atoms with E-state index in [9.17, 15) is 9.59 Å². The normalized spacial score (nSPS) is 15.1. The number of rotatable bonds is 8. The number of likely N-dealkylation sites (N-methyl/N-ethyl adjacent to an activating group) is 1. The smallest absolute Gasteiger partial charge is 0.238 e.